The molecule has 94 valence electrons. The second-order valence-corrected chi connectivity index (χ2v) is 5.00. The third-order valence-corrected chi connectivity index (χ3v) is 3.89. The lowest BCUT2D eigenvalue weighted by Crippen LogP contribution is -2.40. The van der Waals surface area contributed by atoms with Gasteiger partial charge in [0.2, 0.25) is 0 Å². The van der Waals surface area contributed by atoms with Crippen LogP contribution in [0.4, 0.5) is 5.69 Å². The molecule has 1 aliphatic carbocycles. The first-order chi connectivity index (χ1) is 8.68. The van der Waals surface area contributed by atoms with Crippen LogP contribution in [0.5, 0.6) is 0 Å². The number of aliphatic imine (C=N–C) groups is 1. The molecule has 3 rings (SSSR count). The van der Waals surface area contributed by atoms with E-state index in [1.165, 1.54) is 6.42 Å². The number of hydrogen-bond acceptors (Lipinski definition) is 3. The maximum Gasteiger partial charge on any atom is 0.266 e. The summed E-state index contributed by atoms with van der Waals surface area (Å²) < 4.78 is 0. The van der Waals surface area contributed by atoms with Gasteiger partial charge in [0.05, 0.1) is 5.69 Å². The van der Waals surface area contributed by atoms with Crippen molar-refractivity contribution in [2.45, 2.75) is 25.4 Å². The van der Waals surface area contributed by atoms with Crippen LogP contribution in [0.1, 0.15) is 24.8 Å². The lowest BCUT2D eigenvalue weighted by Gasteiger charge is -2.28. The van der Waals surface area contributed by atoms with Gasteiger partial charge in [-0.25, -0.2) is 0 Å². The quantitative estimate of drug-likeness (QED) is 0.813. The van der Waals surface area contributed by atoms with E-state index < -0.39 is 6.17 Å². The Bertz CT molecular complexity index is 520. The lowest BCUT2D eigenvalue weighted by atomic mass is 9.79. The number of benzodiazepines with no additional fused rings is 1. The van der Waals surface area contributed by atoms with Gasteiger partial charge >= 0.3 is 0 Å². The average molecular weight is 243 g/mol. The normalized spacial score (nSPS) is 24.1. The van der Waals surface area contributed by atoms with Crippen LogP contribution in [0.25, 0.3) is 0 Å². The number of rotatable bonds is 1. The molecule has 18 heavy (non-hydrogen) atoms. The molecule has 1 saturated carbocycles. The average Bonchev–Trinajstić information content (AvgIpc) is 2.41. The highest BCUT2D eigenvalue weighted by atomic mass is 16.2. The van der Waals surface area contributed by atoms with Crippen LogP contribution < -0.4 is 10.6 Å². The predicted octanol–water partition coefficient (Wildman–Crippen LogP) is 1.54. The van der Waals surface area contributed by atoms with Crippen molar-refractivity contribution >= 4 is 17.3 Å². The molecule has 1 atom stereocenters. The van der Waals surface area contributed by atoms with Crippen molar-refractivity contribution < 1.29 is 4.79 Å². The van der Waals surface area contributed by atoms with Crippen LogP contribution >= 0.6 is 0 Å². The molecule has 1 heterocycles. The first-order valence-corrected chi connectivity index (χ1v) is 6.38. The lowest BCUT2D eigenvalue weighted by molar-refractivity contribution is -0.119. The van der Waals surface area contributed by atoms with Crippen LogP contribution in [0, 0.1) is 5.92 Å². The van der Waals surface area contributed by atoms with Crippen molar-refractivity contribution in [1.29, 1.82) is 0 Å². The third-order valence-electron chi connectivity index (χ3n) is 3.89. The zero-order valence-electron chi connectivity index (χ0n) is 10.5. The summed E-state index contributed by atoms with van der Waals surface area (Å²) in [5.41, 5.74) is 8.87. The minimum absolute atomic E-state index is 0.142. The molecule has 1 fully saturated rings. The molecule has 2 aliphatic rings. The van der Waals surface area contributed by atoms with Crippen molar-refractivity contribution in [3.05, 3.63) is 29.8 Å². The number of carbonyl (C=O) groups excluding carboxylic acids is 1. The van der Waals surface area contributed by atoms with E-state index in [4.69, 9.17) is 5.73 Å². The second kappa shape index (κ2) is 4.21. The Hall–Kier alpha value is -1.68. The standard InChI is InChI=1S/C14H17N3O/c1-17-11-8-3-2-7-10(11)12(9-5-4-6-9)16-13(15)14(17)18/h2-3,7-9,13H,4-6,15H2,1H3. The van der Waals surface area contributed by atoms with Gasteiger partial charge in [0.1, 0.15) is 0 Å². The van der Waals surface area contributed by atoms with E-state index in [1.54, 1.807) is 11.9 Å². The number of likely N-dealkylation sites (N-methyl/N-ethyl adjacent to an activating group) is 1. The summed E-state index contributed by atoms with van der Waals surface area (Å²) in [5, 5.41) is 0. The highest BCUT2D eigenvalue weighted by Gasteiger charge is 2.32. The van der Waals surface area contributed by atoms with Gasteiger partial charge in [-0.05, 0) is 18.9 Å². The van der Waals surface area contributed by atoms with Crippen LogP contribution in [0.2, 0.25) is 0 Å². The number of nitrogens with two attached hydrogens (primary N) is 1. The molecule has 0 radical (unpaired) electrons. The minimum Gasteiger partial charge on any atom is -0.312 e. The molecule has 1 aromatic carbocycles. The minimum atomic E-state index is -0.766. The third kappa shape index (κ3) is 1.64. The maximum absolute atomic E-state index is 12.1. The number of fused-ring (bicyclic) bond motifs is 1. The Balaban J connectivity index is 2.14. The SMILES string of the molecule is CN1C(=O)C(N)N=C(C2CCC2)c2ccccc21. The topological polar surface area (TPSA) is 58.7 Å². The Kier molecular flexibility index (Phi) is 2.67. The summed E-state index contributed by atoms with van der Waals surface area (Å²) in [7, 11) is 1.76. The number of benzene rings is 1. The molecule has 4 heteroatoms. The van der Waals surface area contributed by atoms with Crippen molar-refractivity contribution in [1.82, 2.24) is 0 Å². The van der Waals surface area contributed by atoms with Gasteiger partial charge in [-0.15, -0.1) is 0 Å². The molecule has 0 bridgehead atoms. The second-order valence-electron chi connectivity index (χ2n) is 5.00. The zero-order chi connectivity index (χ0) is 12.7. The molecule has 4 nitrogen and oxygen atoms in total. The fourth-order valence-corrected chi connectivity index (χ4v) is 2.58. The Morgan fingerprint density at radius 2 is 2.06 bits per heavy atom. The van der Waals surface area contributed by atoms with E-state index in [0.717, 1.165) is 29.8 Å². The monoisotopic (exact) mass is 243 g/mol. The van der Waals surface area contributed by atoms with E-state index >= 15 is 0 Å². The first-order valence-electron chi connectivity index (χ1n) is 6.38. The molecule has 1 amide bonds. The van der Waals surface area contributed by atoms with Crippen molar-refractivity contribution in [3.63, 3.8) is 0 Å². The number of carbonyl (C=O) groups is 1. The summed E-state index contributed by atoms with van der Waals surface area (Å²) in [5.74, 6) is 0.327. The van der Waals surface area contributed by atoms with Crippen LogP contribution in [-0.2, 0) is 4.79 Å². The van der Waals surface area contributed by atoms with Crippen LogP contribution in [-0.4, -0.2) is 24.8 Å². The van der Waals surface area contributed by atoms with E-state index in [1.807, 2.05) is 24.3 Å². The molecular weight excluding hydrogens is 226 g/mol. The predicted molar refractivity (Wildman–Crippen MR) is 71.7 cm³/mol. The molecule has 1 aromatic rings. The fraction of sp³-hybridized carbons (Fsp3) is 0.429. The fourth-order valence-electron chi connectivity index (χ4n) is 2.58. The van der Waals surface area contributed by atoms with Gasteiger partial charge in [-0.2, -0.15) is 0 Å². The number of anilines is 1. The maximum atomic E-state index is 12.1. The van der Waals surface area contributed by atoms with E-state index in [-0.39, 0.29) is 5.91 Å². The van der Waals surface area contributed by atoms with Gasteiger partial charge in [-0.1, -0.05) is 24.6 Å². The highest BCUT2D eigenvalue weighted by Crippen LogP contribution is 2.35. The van der Waals surface area contributed by atoms with Gasteiger partial charge in [0, 0.05) is 24.2 Å². The van der Waals surface area contributed by atoms with E-state index in [9.17, 15) is 4.79 Å². The van der Waals surface area contributed by atoms with Gasteiger partial charge < -0.3 is 10.6 Å². The van der Waals surface area contributed by atoms with Gasteiger partial charge in [0.15, 0.2) is 6.17 Å². The molecule has 0 saturated heterocycles. The molecule has 0 aromatic heterocycles. The zero-order valence-corrected chi connectivity index (χ0v) is 10.5. The summed E-state index contributed by atoms with van der Waals surface area (Å²) in [6, 6.07) is 7.92. The number of nitrogens with zero attached hydrogens (tertiary/aromatic N) is 2. The van der Waals surface area contributed by atoms with E-state index in [2.05, 4.69) is 4.99 Å². The molecule has 1 unspecified atom stereocenters. The summed E-state index contributed by atoms with van der Waals surface area (Å²) in [4.78, 5) is 18.2. The highest BCUT2D eigenvalue weighted by molar-refractivity contribution is 6.13. The summed E-state index contributed by atoms with van der Waals surface area (Å²) in [6.07, 6.45) is 2.78. The van der Waals surface area contributed by atoms with Gasteiger partial charge in [-0.3, -0.25) is 9.79 Å². The Labute approximate surface area is 106 Å². The molecular formula is C14H17N3O. The first kappa shape index (κ1) is 11.4. The molecule has 2 N–H and O–H groups in total. The van der Waals surface area contributed by atoms with Crippen molar-refractivity contribution in [3.8, 4) is 0 Å². The van der Waals surface area contributed by atoms with Gasteiger partial charge in [0.25, 0.3) is 5.91 Å². The number of para-hydroxylation sites is 1. The Morgan fingerprint density at radius 1 is 1.33 bits per heavy atom. The van der Waals surface area contributed by atoms with Crippen molar-refractivity contribution in [2.24, 2.45) is 16.6 Å². The van der Waals surface area contributed by atoms with E-state index in [0.29, 0.717) is 5.92 Å². The molecule has 1 aliphatic heterocycles. The summed E-state index contributed by atoms with van der Waals surface area (Å²) in [6.45, 7) is 0. The van der Waals surface area contributed by atoms with Crippen LogP contribution in [0.15, 0.2) is 29.3 Å². The molecule has 0 spiro atoms. The number of hydrogen-bond donors (Lipinski definition) is 1. The van der Waals surface area contributed by atoms with Crippen LogP contribution in [0.3, 0.4) is 0 Å². The summed E-state index contributed by atoms with van der Waals surface area (Å²) >= 11 is 0. The smallest absolute Gasteiger partial charge is 0.266 e. The van der Waals surface area contributed by atoms with Crippen molar-refractivity contribution in [2.75, 3.05) is 11.9 Å². The number of amides is 1. The Morgan fingerprint density at radius 3 is 2.72 bits per heavy atom. The largest absolute Gasteiger partial charge is 0.312 e.